The summed E-state index contributed by atoms with van der Waals surface area (Å²) in [4.78, 5) is 0.0338. The molecule has 0 fully saturated rings. The van der Waals surface area contributed by atoms with E-state index in [-0.39, 0.29) is 17.5 Å². The van der Waals surface area contributed by atoms with Crippen molar-refractivity contribution in [2.75, 3.05) is 6.54 Å². The summed E-state index contributed by atoms with van der Waals surface area (Å²) >= 11 is 0. The molecule has 0 radical (unpaired) electrons. The average molecular weight is 259 g/mol. The van der Waals surface area contributed by atoms with Gasteiger partial charge < -0.3 is 15.6 Å². The van der Waals surface area contributed by atoms with E-state index in [0.29, 0.717) is 5.75 Å². The van der Waals surface area contributed by atoms with Gasteiger partial charge in [-0.3, -0.25) is 0 Å². The van der Waals surface area contributed by atoms with Gasteiger partial charge in [-0.15, -0.1) is 0 Å². The van der Waals surface area contributed by atoms with Gasteiger partial charge in [-0.25, -0.2) is 8.42 Å². The number of ether oxygens (including phenoxy) is 1. The van der Waals surface area contributed by atoms with Crippen LogP contribution >= 0.6 is 0 Å². The lowest BCUT2D eigenvalue weighted by atomic mass is 10.3. The van der Waals surface area contributed by atoms with Crippen molar-refractivity contribution < 1.29 is 18.3 Å². The third-order valence-corrected chi connectivity index (χ3v) is 3.92. The molecule has 0 aliphatic heterocycles. The van der Waals surface area contributed by atoms with Crippen LogP contribution in [0.4, 0.5) is 0 Å². The van der Waals surface area contributed by atoms with E-state index >= 15 is 0 Å². The van der Waals surface area contributed by atoms with Gasteiger partial charge in [0.1, 0.15) is 5.75 Å². The number of nitrogens with two attached hydrogens (primary N) is 1. The minimum absolute atomic E-state index is 0.0205. The Labute approximate surface area is 101 Å². The highest BCUT2D eigenvalue weighted by Gasteiger charge is 2.23. The fraction of sp³-hybridized carbons (Fsp3) is 0.455. The Bertz CT molecular complexity index is 453. The van der Waals surface area contributed by atoms with Gasteiger partial charge in [0.15, 0.2) is 5.44 Å². The van der Waals surface area contributed by atoms with Crippen LogP contribution in [0.5, 0.6) is 5.75 Å². The number of aliphatic hydroxyl groups is 1. The highest BCUT2D eigenvalue weighted by atomic mass is 32.2. The van der Waals surface area contributed by atoms with Gasteiger partial charge in [0, 0.05) is 6.54 Å². The summed E-state index contributed by atoms with van der Waals surface area (Å²) in [5.74, 6) is 0.584. The van der Waals surface area contributed by atoms with E-state index in [4.69, 9.17) is 10.5 Å². The van der Waals surface area contributed by atoms with Crippen molar-refractivity contribution in [3.8, 4) is 5.75 Å². The van der Waals surface area contributed by atoms with Gasteiger partial charge in [-0.2, -0.15) is 0 Å². The van der Waals surface area contributed by atoms with Crippen molar-refractivity contribution >= 4 is 9.84 Å². The van der Waals surface area contributed by atoms with Crippen LogP contribution < -0.4 is 10.5 Å². The van der Waals surface area contributed by atoms with Crippen molar-refractivity contribution in [2.45, 2.75) is 30.3 Å². The Morgan fingerprint density at radius 3 is 2.24 bits per heavy atom. The molecule has 96 valence electrons. The summed E-state index contributed by atoms with van der Waals surface area (Å²) in [6, 6.07) is 5.89. The Morgan fingerprint density at radius 1 is 1.29 bits per heavy atom. The van der Waals surface area contributed by atoms with Crippen molar-refractivity contribution in [3.63, 3.8) is 0 Å². The fourth-order valence-electron chi connectivity index (χ4n) is 1.26. The first-order chi connectivity index (χ1) is 7.87. The van der Waals surface area contributed by atoms with Gasteiger partial charge in [-0.05, 0) is 38.1 Å². The third-order valence-electron chi connectivity index (χ3n) is 2.08. The SMILES string of the molecule is CC(C)Oc1ccc(S(=O)(=O)C(O)CN)cc1. The highest BCUT2D eigenvalue weighted by molar-refractivity contribution is 7.91. The van der Waals surface area contributed by atoms with Crippen LogP contribution in [0.1, 0.15) is 13.8 Å². The van der Waals surface area contributed by atoms with Crippen LogP contribution in [0.25, 0.3) is 0 Å². The summed E-state index contributed by atoms with van der Waals surface area (Å²) in [5.41, 5.74) is 3.57. The molecule has 0 saturated carbocycles. The topological polar surface area (TPSA) is 89.6 Å². The average Bonchev–Trinajstić information content (AvgIpc) is 2.27. The molecule has 0 aromatic heterocycles. The van der Waals surface area contributed by atoms with Crippen LogP contribution in [0, 0.1) is 0 Å². The van der Waals surface area contributed by atoms with E-state index in [1.165, 1.54) is 12.1 Å². The first-order valence-electron chi connectivity index (χ1n) is 5.26. The van der Waals surface area contributed by atoms with Crippen molar-refractivity contribution in [2.24, 2.45) is 5.73 Å². The van der Waals surface area contributed by atoms with Crippen molar-refractivity contribution in [1.82, 2.24) is 0 Å². The van der Waals surface area contributed by atoms with Crippen molar-refractivity contribution in [1.29, 1.82) is 0 Å². The van der Waals surface area contributed by atoms with Gasteiger partial charge >= 0.3 is 0 Å². The number of rotatable bonds is 5. The summed E-state index contributed by atoms with van der Waals surface area (Å²) in [6.07, 6.45) is 0.0205. The Hall–Kier alpha value is -1.11. The number of hydrogen-bond donors (Lipinski definition) is 2. The number of sulfone groups is 1. The zero-order chi connectivity index (χ0) is 13.1. The zero-order valence-electron chi connectivity index (χ0n) is 9.83. The Balaban J connectivity index is 2.95. The van der Waals surface area contributed by atoms with Crippen LogP contribution in [-0.2, 0) is 9.84 Å². The smallest absolute Gasteiger partial charge is 0.206 e. The molecule has 0 aliphatic rings. The van der Waals surface area contributed by atoms with Gasteiger partial charge in [0.05, 0.1) is 11.0 Å². The van der Waals surface area contributed by atoms with E-state index in [1.807, 2.05) is 13.8 Å². The highest BCUT2D eigenvalue weighted by Crippen LogP contribution is 2.19. The molecule has 0 heterocycles. The second-order valence-electron chi connectivity index (χ2n) is 3.87. The van der Waals surface area contributed by atoms with Crippen LogP contribution in [0.2, 0.25) is 0 Å². The number of hydrogen-bond acceptors (Lipinski definition) is 5. The molecule has 1 aromatic rings. The van der Waals surface area contributed by atoms with E-state index in [0.717, 1.165) is 0 Å². The molecule has 1 unspecified atom stereocenters. The van der Waals surface area contributed by atoms with E-state index in [9.17, 15) is 13.5 Å². The minimum Gasteiger partial charge on any atom is -0.491 e. The summed E-state index contributed by atoms with van der Waals surface area (Å²) in [7, 11) is -3.76. The molecular formula is C11H17NO4S. The molecule has 1 aromatic carbocycles. The van der Waals surface area contributed by atoms with Gasteiger partial charge in [0.25, 0.3) is 0 Å². The van der Waals surface area contributed by atoms with Crippen LogP contribution in [0.3, 0.4) is 0 Å². The molecule has 5 nitrogen and oxygen atoms in total. The molecule has 6 heteroatoms. The molecule has 0 spiro atoms. The number of aliphatic hydroxyl groups excluding tert-OH is 1. The maximum absolute atomic E-state index is 11.7. The quantitative estimate of drug-likeness (QED) is 0.805. The van der Waals surface area contributed by atoms with Crippen LogP contribution in [0.15, 0.2) is 29.2 Å². The summed E-state index contributed by atoms with van der Waals surface area (Å²) in [6.45, 7) is 3.43. The molecule has 0 saturated heterocycles. The monoisotopic (exact) mass is 259 g/mol. The maximum Gasteiger partial charge on any atom is 0.206 e. The van der Waals surface area contributed by atoms with E-state index < -0.39 is 15.3 Å². The Morgan fingerprint density at radius 2 is 1.82 bits per heavy atom. The normalized spacial score (nSPS) is 13.7. The molecule has 1 atom stereocenters. The molecule has 0 aliphatic carbocycles. The maximum atomic E-state index is 11.7. The number of benzene rings is 1. The first-order valence-corrected chi connectivity index (χ1v) is 6.81. The standard InChI is InChI=1S/C11H17NO4S/c1-8(2)16-9-3-5-10(6-4-9)17(14,15)11(13)7-12/h3-6,8,11,13H,7,12H2,1-2H3. The second kappa shape index (κ2) is 5.48. The van der Waals surface area contributed by atoms with Crippen molar-refractivity contribution in [3.05, 3.63) is 24.3 Å². The Kier molecular flexibility index (Phi) is 4.50. The summed E-state index contributed by atoms with van der Waals surface area (Å²) < 4.78 is 28.8. The molecule has 17 heavy (non-hydrogen) atoms. The second-order valence-corrected chi connectivity index (χ2v) is 5.98. The minimum atomic E-state index is -3.76. The largest absolute Gasteiger partial charge is 0.491 e. The molecular weight excluding hydrogens is 242 g/mol. The molecule has 0 amide bonds. The zero-order valence-corrected chi connectivity index (χ0v) is 10.6. The predicted molar refractivity (Wildman–Crippen MR) is 64.5 cm³/mol. The lowest BCUT2D eigenvalue weighted by Gasteiger charge is -2.12. The van der Waals surface area contributed by atoms with E-state index in [2.05, 4.69) is 0 Å². The first kappa shape index (κ1) is 14.0. The van der Waals surface area contributed by atoms with Crippen LogP contribution in [-0.4, -0.2) is 31.6 Å². The predicted octanol–water partition coefficient (Wildman–Crippen LogP) is 0.525. The summed E-state index contributed by atoms with van der Waals surface area (Å²) in [5, 5.41) is 9.31. The van der Waals surface area contributed by atoms with Gasteiger partial charge in [0.2, 0.25) is 9.84 Å². The lowest BCUT2D eigenvalue weighted by molar-refractivity contribution is 0.242. The molecule has 0 bridgehead atoms. The lowest BCUT2D eigenvalue weighted by Crippen LogP contribution is -2.29. The van der Waals surface area contributed by atoms with E-state index in [1.54, 1.807) is 12.1 Å². The molecule has 1 rings (SSSR count). The third kappa shape index (κ3) is 3.42. The van der Waals surface area contributed by atoms with Gasteiger partial charge in [-0.1, -0.05) is 0 Å². The molecule has 3 N–H and O–H groups in total. The fourth-order valence-corrected chi connectivity index (χ4v) is 2.35.